The van der Waals surface area contributed by atoms with Crippen LogP contribution in [0.3, 0.4) is 0 Å². The molecule has 1 aromatic carbocycles. The van der Waals surface area contributed by atoms with E-state index in [1.165, 1.54) is 5.56 Å². The molecule has 0 radical (unpaired) electrons. The number of aldehydes is 1. The van der Waals surface area contributed by atoms with Crippen molar-refractivity contribution in [1.29, 1.82) is 0 Å². The average molecular weight is 296 g/mol. The molecule has 0 aliphatic rings. The van der Waals surface area contributed by atoms with E-state index in [0.717, 1.165) is 27.1 Å². The summed E-state index contributed by atoms with van der Waals surface area (Å²) >= 11 is 5.01. The number of carbonyl (C=O) groups excluding carboxylic acids is 1. The summed E-state index contributed by atoms with van der Waals surface area (Å²) in [6.07, 6.45) is 4.00. The van der Waals surface area contributed by atoms with Gasteiger partial charge in [0.2, 0.25) is 0 Å². The fourth-order valence-corrected chi connectivity index (χ4v) is 2.55. The number of benzene rings is 1. The normalized spacial score (nSPS) is 10.3. The standard InChI is InChI=1S/C12H10BrNOS/c13-10-3-1-9(2-4-10)7-12-14-8-11(16-12)5-6-15/h1-4,6,8H,5,7H2. The summed E-state index contributed by atoms with van der Waals surface area (Å²) in [6, 6.07) is 8.19. The summed E-state index contributed by atoms with van der Waals surface area (Å²) in [7, 11) is 0. The van der Waals surface area contributed by atoms with E-state index in [1.54, 1.807) is 17.5 Å². The van der Waals surface area contributed by atoms with Gasteiger partial charge in [0.25, 0.3) is 0 Å². The van der Waals surface area contributed by atoms with Crippen LogP contribution in [0, 0.1) is 0 Å². The molecule has 82 valence electrons. The number of rotatable bonds is 4. The van der Waals surface area contributed by atoms with Crippen molar-refractivity contribution in [2.75, 3.05) is 0 Å². The third-order valence-corrected chi connectivity index (χ3v) is 3.70. The van der Waals surface area contributed by atoms with E-state index in [9.17, 15) is 4.79 Å². The lowest BCUT2D eigenvalue weighted by Gasteiger charge is -1.97. The minimum Gasteiger partial charge on any atom is -0.303 e. The third kappa shape index (κ3) is 3.00. The van der Waals surface area contributed by atoms with Crippen molar-refractivity contribution in [3.63, 3.8) is 0 Å². The van der Waals surface area contributed by atoms with Crippen LogP contribution in [-0.4, -0.2) is 11.3 Å². The van der Waals surface area contributed by atoms with Crippen LogP contribution in [0.4, 0.5) is 0 Å². The number of hydrogen-bond acceptors (Lipinski definition) is 3. The van der Waals surface area contributed by atoms with Crippen LogP contribution in [0.5, 0.6) is 0 Å². The van der Waals surface area contributed by atoms with Crippen LogP contribution in [0.2, 0.25) is 0 Å². The second kappa shape index (κ2) is 5.37. The number of halogens is 1. The Morgan fingerprint density at radius 1 is 1.31 bits per heavy atom. The van der Waals surface area contributed by atoms with Crippen LogP contribution < -0.4 is 0 Å². The molecular weight excluding hydrogens is 286 g/mol. The first kappa shape index (κ1) is 11.5. The summed E-state index contributed by atoms with van der Waals surface area (Å²) in [4.78, 5) is 15.7. The zero-order chi connectivity index (χ0) is 11.4. The maximum atomic E-state index is 10.4. The Balaban J connectivity index is 2.08. The van der Waals surface area contributed by atoms with E-state index in [4.69, 9.17) is 0 Å². The van der Waals surface area contributed by atoms with Gasteiger partial charge in [0, 0.05) is 28.4 Å². The monoisotopic (exact) mass is 295 g/mol. The Morgan fingerprint density at radius 3 is 2.75 bits per heavy atom. The van der Waals surface area contributed by atoms with Crippen LogP contribution in [0.25, 0.3) is 0 Å². The molecule has 1 heterocycles. The van der Waals surface area contributed by atoms with Crippen molar-refractivity contribution in [3.05, 3.63) is 50.4 Å². The van der Waals surface area contributed by atoms with Crippen molar-refractivity contribution >= 4 is 33.6 Å². The molecule has 2 rings (SSSR count). The van der Waals surface area contributed by atoms with Crippen molar-refractivity contribution in [3.8, 4) is 0 Å². The first-order valence-corrected chi connectivity index (χ1v) is 6.50. The quantitative estimate of drug-likeness (QED) is 0.811. The molecule has 0 fully saturated rings. The minimum atomic E-state index is 0.470. The lowest BCUT2D eigenvalue weighted by Crippen LogP contribution is -1.85. The van der Waals surface area contributed by atoms with Gasteiger partial charge >= 0.3 is 0 Å². The zero-order valence-electron chi connectivity index (χ0n) is 8.52. The highest BCUT2D eigenvalue weighted by atomic mass is 79.9. The Kier molecular flexibility index (Phi) is 3.85. The molecule has 2 nitrogen and oxygen atoms in total. The van der Waals surface area contributed by atoms with Crippen LogP contribution in [0.1, 0.15) is 15.4 Å². The number of aromatic nitrogens is 1. The highest BCUT2D eigenvalue weighted by Crippen LogP contribution is 2.18. The molecule has 0 atom stereocenters. The molecule has 0 aliphatic heterocycles. The molecule has 0 saturated heterocycles. The summed E-state index contributed by atoms with van der Waals surface area (Å²) in [5.74, 6) is 0. The fraction of sp³-hybridized carbons (Fsp3) is 0.167. The van der Waals surface area contributed by atoms with Crippen LogP contribution >= 0.6 is 27.3 Å². The van der Waals surface area contributed by atoms with Crippen molar-refractivity contribution in [1.82, 2.24) is 4.98 Å². The molecule has 0 amide bonds. The third-order valence-electron chi connectivity index (χ3n) is 2.15. The van der Waals surface area contributed by atoms with Crippen molar-refractivity contribution in [2.24, 2.45) is 0 Å². The van der Waals surface area contributed by atoms with Crippen LogP contribution in [0.15, 0.2) is 34.9 Å². The first-order chi connectivity index (χ1) is 7.78. The van der Waals surface area contributed by atoms with Gasteiger partial charge in [-0.1, -0.05) is 28.1 Å². The molecule has 0 spiro atoms. The molecule has 16 heavy (non-hydrogen) atoms. The van der Waals surface area contributed by atoms with Gasteiger partial charge in [-0.15, -0.1) is 11.3 Å². The fourth-order valence-electron chi connectivity index (χ4n) is 1.38. The molecule has 0 aliphatic carbocycles. The summed E-state index contributed by atoms with van der Waals surface area (Å²) in [6.45, 7) is 0. The maximum absolute atomic E-state index is 10.4. The number of carbonyl (C=O) groups is 1. The van der Waals surface area contributed by atoms with E-state index in [-0.39, 0.29) is 0 Å². The van der Waals surface area contributed by atoms with Gasteiger partial charge in [-0.25, -0.2) is 4.98 Å². The van der Waals surface area contributed by atoms with Gasteiger partial charge in [-0.3, -0.25) is 0 Å². The Bertz CT molecular complexity index is 478. The lowest BCUT2D eigenvalue weighted by atomic mass is 10.2. The zero-order valence-corrected chi connectivity index (χ0v) is 10.9. The lowest BCUT2D eigenvalue weighted by molar-refractivity contribution is -0.107. The molecule has 0 N–H and O–H groups in total. The summed E-state index contributed by atoms with van der Waals surface area (Å²) < 4.78 is 1.08. The average Bonchev–Trinajstić information content (AvgIpc) is 2.70. The van der Waals surface area contributed by atoms with Gasteiger partial charge < -0.3 is 4.79 Å². The summed E-state index contributed by atoms with van der Waals surface area (Å²) in [5.41, 5.74) is 1.23. The molecule has 4 heteroatoms. The maximum Gasteiger partial charge on any atom is 0.125 e. The number of nitrogens with zero attached hydrogens (tertiary/aromatic N) is 1. The van der Waals surface area contributed by atoms with E-state index in [0.29, 0.717) is 6.42 Å². The van der Waals surface area contributed by atoms with Gasteiger partial charge in [0.05, 0.1) is 5.01 Å². The predicted octanol–water partition coefficient (Wildman–Crippen LogP) is 3.24. The molecule has 2 aromatic rings. The van der Waals surface area contributed by atoms with E-state index in [2.05, 4.69) is 33.0 Å². The minimum absolute atomic E-state index is 0.470. The molecule has 1 aromatic heterocycles. The molecule has 0 bridgehead atoms. The molecular formula is C12H10BrNOS. The van der Waals surface area contributed by atoms with Crippen molar-refractivity contribution in [2.45, 2.75) is 12.8 Å². The largest absolute Gasteiger partial charge is 0.303 e. The van der Waals surface area contributed by atoms with Crippen LogP contribution in [-0.2, 0) is 17.6 Å². The van der Waals surface area contributed by atoms with Gasteiger partial charge in [-0.05, 0) is 17.7 Å². The van der Waals surface area contributed by atoms with E-state index < -0.39 is 0 Å². The topological polar surface area (TPSA) is 30.0 Å². The van der Waals surface area contributed by atoms with Crippen molar-refractivity contribution < 1.29 is 4.79 Å². The smallest absolute Gasteiger partial charge is 0.125 e. The summed E-state index contributed by atoms with van der Waals surface area (Å²) in [5, 5.41) is 1.05. The Morgan fingerprint density at radius 2 is 2.06 bits per heavy atom. The predicted molar refractivity (Wildman–Crippen MR) is 68.8 cm³/mol. The second-order valence-electron chi connectivity index (χ2n) is 3.39. The SMILES string of the molecule is O=CCc1cnc(Cc2ccc(Br)cc2)s1. The highest BCUT2D eigenvalue weighted by Gasteiger charge is 2.02. The number of hydrogen-bond donors (Lipinski definition) is 0. The molecule has 0 saturated carbocycles. The molecule has 0 unspecified atom stereocenters. The number of thiazole rings is 1. The highest BCUT2D eigenvalue weighted by molar-refractivity contribution is 9.10. The van der Waals surface area contributed by atoms with Gasteiger partial charge in [-0.2, -0.15) is 0 Å². The Hall–Kier alpha value is -1.000. The Labute approximate surface area is 106 Å². The van der Waals surface area contributed by atoms with Gasteiger partial charge in [0.1, 0.15) is 6.29 Å². The van der Waals surface area contributed by atoms with E-state index >= 15 is 0 Å². The second-order valence-corrected chi connectivity index (χ2v) is 5.51. The first-order valence-electron chi connectivity index (χ1n) is 4.89. The van der Waals surface area contributed by atoms with E-state index in [1.807, 2.05) is 12.1 Å². The van der Waals surface area contributed by atoms with Gasteiger partial charge in [0.15, 0.2) is 0 Å².